The highest BCUT2D eigenvalue weighted by Crippen LogP contribution is 2.25. The summed E-state index contributed by atoms with van der Waals surface area (Å²) in [4.78, 5) is 8.57. The van der Waals surface area contributed by atoms with Crippen LogP contribution in [0.4, 0.5) is 0 Å². The molecule has 0 saturated carbocycles. The minimum absolute atomic E-state index is 0.531. The maximum Gasteiger partial charge on any atom is 0.116 e. The van der Waals surface area contributed by atoms with Crippen molar-refractivity contribution in [3.05, 3.63) is 30.6 Å². The predicted molar refractivity (Wildman–Crippen MR) is 55.8 cm³/mol. The van der Waals surface area contributed by atoms with Crippen molar-refractivity contribution in [2.24, 2.45) is 0 Å². The van der Waals surface area contributed by atoms with Crippen LogP contribution in [0.2, 0.25) is 0 Å². The van der Waals surface area contributed by atoms with Crippen LogP contribution in [-0.2, 0) is 4.74 Å². The van der Waals surface area contributed by atoms with E-state index in [4.69, 9.17) is 4.74 Å². The molecular formula is C11H13N3O. The van der Waals surface area contributed by atoms with Gasteiger partial charge in [0.05, 0.1) is 17.9 Å². The number of hydrogen-bond donors (Lipinski definition) is 0. The molecule has 1 saturated heterocycles. The Morgan fingerprint density at radius 1 is 1.27 bits per heavy atom. The predicted octanol–water partition coefficient (Wildman–Crippen LogP) is 1.62. The van der Waals surface area contributed by atoms with Gasteiger partial charge < -0.3 is 9.14 Å². The van der Waals surface area contributed by atoms with E-state index >= 15 is 0 Å². The highest BCUT2D eigenvalue weighted by Gasteiger charge is 2.19. The molecule has 0 bridgehead atoms. The van der Waals surface area contributed by atoms with E-state index in [-0.39, 0.29) is 0 Å². The number of ether oxygens (including phenoxy) is 1. The molecule has 0 atom stereocenters. The lowest BCUT2D eigenvalue weighted by molar-refractivity contribution is 0.0835. The van der Waals surface area contributed by atoms with Crippen molar-refractivity contribution >= 4 is 5.52 Å². The smallest absolute Gasteiger partial charge is 0.116 e. The van der Waals surface area contributed by atoms with Crippen molar-refractivity contribution in [3.63, 3.8) is 0 Å². The molecular weight excluding hydrogens is 190 g/mol. The fourth-order valence-corrected chi connectivity index (χ4v) is 2.13. The normalized spacial score (nSPS) is 18.4. The standard InChI is InChI=1S/C11H13N3O/c1-5-15-6-2-9(1)11-13-8-10-7-12-3-4-14(10)11/h3-4,7-9H,1-2,5-6H2. The molecule has 0 N–H and O–H groups in total. The van der Waals surface area contributed by atoms with E-state index in [2.05, 4.69) is 14.4 Å². The molecule has 0 radical (unpaired) electrons. The van der Waals surface area contributed by atoms with Crippen LogP contribution < -0.4 is 0 Å². The number of imidazole rings is 1. The molecule has 4 nitrogen and oxygen atoms in total. The first-order valence-corrected chi connectivity index (χ1v) is 5.30. The summed E-state index contributed by atoms with van der Waals surface area (Å²) < 4.78 is 7.49. The summed E-state index contributed by atoms with van der Waals surface area (Å²) in [7, 11) is 0. The van der Waals surface area contributed by atoms with Gasteiger partial charge >= 0.3 is 0 Å². The molecule has 2 aromatic rings. The minimum Gasteiger partial charge on any atom is -0.381 e. The summed E-state index contributed by atoms with van der Waals surface area (Å²) in [5.74, 6) is 1.68. The molecule has 15 heavy (non-hydrogen) atoms. The van der Waals surface area contributed by atoms with Gasteiger partial charge in [-0.25, -0.2) is 4.98 Å². The second-order valence-electron chi connectivity index (χ2n) is 3.87. The van der Waals surface area contributed by atoms with Crippen molar-refractivity contribution in [1.29, 1.82) is 0 Å². The van der Waals surface area contributed by atoms with Gasteiger partial charge in [0.1, 0.15) is 5.82 Å². The zero-order valence-electron chi connectivity index (χ0n) is 8.47. The Morgan fingerprint density at radius 2 is 2.13 bits per heavy atom. The molecule has 0 spiro atoms. The maximum atomic E-state index is 5.36. The van der Waals surface area contributed by atoms with Crippen LogP contribution in [-0.4, -0.2) is 27.6 Å². The third-order valence-corrected chi connectivity index (χ3v) is 2.95. The highest BCUT2D eigenvalue weighted by molar-refractivity contribution is 5.43. The number of rotatable bonds is 1. The third kappa shape index (κ3) is 1.51. The number of nitrogens with zero attached hydrogens (tertiary/aromatic N) is 3. The Morgan fingerprint density at radius 3 is 3.00 bits per heavy atom. The van der Waals surface area contributed by atoms with Gasteiger partial charge in [-0.2, -0.15) is 0 Å². The molecule has 1 aliphatic rings. The van der Waals surface area contributed by atoms with Crippen LogP contribution in [0.3, 0.4) is 0 Å². The molecule has 78 valence electrons. The lowest BCUT2D eigenvalue weighted by Crippen LogP contribution is -2.16. The van der Waals surface area contributed by atoms with E-state index in [1.807, 2.05) is 18.6 Å². The molecule has 0 unspecified atom stereocenters. The van der Waals surface area contributed by atoms with Gasteiger partial charge in [-0.3, -0.25) is 4.98 Å². The molecule has 0 amide bonds. The lowest BCUT2D eigenvalue weighted by Gasteiger charge is -2.20. The summed E-state index contributed by atoms with van der Waals surface area (Å²) in [5, 5.41) is 0. The third-order valence-electron chi connectivity index (χ3n) is 2.95. The van der Waals surface area contributed by atoms with E-state index in [1.165, 1.54) is 0 Å². The van der Waals surface area contributed by atoms with Crippen LogP contribution in [0.25, 0.3) is 5.52 Å². The van der Waals surface area contributed by atoms with Gasteiger partial charge in [0, 0.05) is 31.5 Å². The van der Waals surface area contributed by atoms with Crippen LogP contribution in [0.1, 0.15) is 24.6 Å². The largest absolute Gasteiger partial charge is 0.381 e. The van der Waals surface area contributed by atoms with E-state index in [0.29, 0.717) is 5.92 Å². The molecule has 3 heterocycles. The summed E-state index contributed by atoms with van der Waals surface area (Å²) in [6.07, 6.45) is 9.65. The molecule has 1 aliphatic heterocycles. The average molecular weight is 203 g/mol. The van der Waals surface area contributed by atoms with E-state index < -0.39 is 0 Å². The minimum atomic E-state index is 0.531. The van der Waals surface area contributed by atoms with Crippen molar-refractivity contribution in [3.8, 4) is 0 Å². The molecule has 3 rings (SSSR count). The van der Waals surface area contributed by atoms with Crippen LogP contribution in [0.5, 0.6) is 0 Å². The van der Waals surface area contributed by atoms with Gasteiger partial charge in [-0.15, -0.1) is 0 Å². The van der Waals surface area contributed by atoms with Gasteiger partial charge in [0.2, 0.25) is 0 Å². The Labute approximate surface area is 87.9 Å². The first-order chi connectivity index (χ1) is 7.45. The first-order valence-electron chi connectivity index (χ1n) is 5.30. The summed E-state index contributed by atoms with van der Waals surface area (Å²) >= 11 is 0. The van der Waals surface area contributed by atoms with E-state index in [1.54, 1.807) is 6.20 Å². The Hall–Kier alpha value is -1.42. The zero-order valence-corrected chi connectivity index (χ0v) is 8.47. The Kier molecular flexibility index (Phi) is 2.14. The van der Waals surface area contributed by atoms with Crippen LogP contribution in [0.15, 0.2) is 24.8 Å². The van der Waals surface area contributed by atoms with Gasteiger partial charge in [-0.05, 0) is 12.8 Å². The van der Waals surface area contributed by atoms with E-state index in [0.717, 1.165) is 37.4 Å². The van der Waals surface area contributed by atoms with Crippen molar-refractivity contribution < 1.29 is 4.74 Å². The number of hydrogen-bond acceptors (Lipinski definition) is 3. The Bertz CT molecular complexity index is 460. The van der Waals surface area contributed by atoms with Crippen LogP contribution >= 0.6 is 0 Å². The summed E-state index contributed by atoms with van der Waals surface area (Å²) in [6.45, 7) is 1.70. The topological polar surface area (TPSA) is 39.4 Å². The number of aromatic nitrogens is 3. The first kappa shape index (κ1) is 8.85. The fourth-order valence-electron chi connectivity index (χ4n) is 2.13. The van der Waals surface area contributed by atoms with Gasteiger partial charge in [0.25, 0.3) is 0 Å². The van der Waals surface area contributed by atoms with Crippen molar-refractivity contribution in [2.45, 2.75) is 18.8 Å². The summed E-state index contributed by atoms with van der Waals surface area (Å²) in [6, 6.07) is 0. The molecule has 2 aromatic heterocycles. The van der Waals surface area contributed by atoms with Crippen molar-refractivity contribution in [2.75, 3.05) is 13.2 Å². The Balaban J connectivity index is 2.02. The highest BCUT2D eigenvalue weighted by atomic mass is 16.5. The fraction of sp³-hybridized carbons (Fsp3) is 0.455. The van der Waals surface area contributed by atoms with Crippen LogP contribution in [0, 0.1) is 0 Å². The molecule has 1 fully saturated rings. The quantitative estimate of drug-likeness (QED) is 0.707. The monoisotopic (exact) mass is 203 g/mol. The van der Waals surface area contributed by atoms with Gasteiger partial charge in [0.15, 0.2) is 0 Å². The maximum absolute atomic E-state index is 5.36. The average Bonchev–Trinajstić information content (AvgIpc) is 2.74. The zero-order chi connectivity index (χ0) is 10.1. The number of fused-ring (bicyclic) bond motifs is 1. The molecule has 0 aliphatic carbocycles. The van der Waals surface area contributed by atoms with Gasteiger partial charge in [-0.1, -0.05) is 0 Å². The molecule has 0 aromatic carbocycles. The second-order valence-corrected chi connectivity index (χ2v) is 3.87. The van der Waals surface area contributed by atoms with E-state index in [9.17, 15) is 0 Å². The SMILES string of the molecule is c1cn2c(C3CCOCC3)ncc2cn1. The molecule has 4 heteroatoms. The summed E-state index contributed by atoms with van der Waals surface area (Å²) in [5.41, 5.74) is 1.07. The van der Waals surface area contributed by atoms with Crippen molar-refractivity contribution in [1.82, 2.24) is 14.4 Å². The second kappa shape index (κ2) is 3.62. The lowest BCUT2D eigenvalue weighted by atomic mass is 10.00.